The number of nitrogens with two attached hydrogens (primary N) is 1. The van der Waals surface area contributed by atoms with Gasteiger partial charge in [0.2, 0.25) is 5.88 Å². The van der Waals surface area contributed by atoms with Crippen molar-refractivity contribution in [3.63, 3.8) is 0 Å². The minimum atomic E-state index is 0.325. The highest BCUT2D eigenvalue weighted by molar-refractivity contribution is 6.37. The third-order valence-corrected chi connectivity index (χ3v) is 4.65. The molecule has 0 fully saturated rings. The molecule has 0 saturated carbocycles. The predicted molar refractivity (Wildman–Crippen MR) is 89.3 cm³/mol. The lowest BCUT2D eigenvalue weighted by Crippen LogP contribution is -2.12. The Hall–Kier alpha value is -1.23. The molecule has 0 spiro atoms. The van der Waals surface area contributed by atoms with Gasteiger partial charge in [-0.05, 0) is 37.3 Å². The molecule has 2 N–H and O–H groups in total. The van der Waals surface area contributed by atoms with Crippen LogP contribution in [0.1, 0.15) is 36.8 Å². The molecule has 0 bridgehead atoms. The maximum absolute atomic E-state index is 6.20. The molecule has 1 aromatic carbocycles. The summed E-state index contributed by atoms with van der Waals surface area (Å²) in [6.07, 6.45) is 2.96. The van der Waals surface area contributed by atoms with Crippen molar-refractivity contribution in [2.75, 3.05) is 5.73 Å². The van der Waals surface area contributed by atoms with Crippen LogP contribution in [0.25, 0.3) is 0 Å². The van der Waals surface area contributed by atoms with E-state index in [1.54, 1.807) is 12.1 Å². The third-order valence-electron chi connectivity index (χ3n) is 3.81. The van der Waals surface area contributed by atoms with Crippen molar-refractivity contribution < 1.29 is 4.74 Å². The second-order valence-corrected chi connectivity index (χ2v) is 6.57. The van der Waals surface area contributed by atoms with Crippen LogP contribution in [0.2, 0.25) is 15.2 Å². The molecule has 1 heterocycles. The highest BCUT2D eigenvalue weighted by Gasteiger charge is 2.26. The van der Waals surface area contributed by atoms with E-state index in [0.717, 1.165) is 30.4 Å². The number of hydrogen-bond donors (Lipinski definition) is 1. The van der Waals surface area contributed by atoms with Gasteiger partial charge in [-0.3, -0.25) is 0 Å². The topological polar surface area (TPSA) is 61.0 Å². The van der Waals surface area contributed by atoms with Gasteiger partial charge in [0.1, 0.15) is 0 Å². The molecule has 1 unspecified atom stereocenters. The zero-order chi connectivity index (χ0) is 15.9. The summed E-state index contributed by atoms with van der Waals surface area (Å²) in [5.41, 5.74) is 8.15. The second kappa shape index (κ2) is 6.11. The van der Waals surface area contributed by atoms with E-state index in [9.17, 15) is 0 Å². The van der Waals surface area contributed by atoms with Gasteiger partial charge in [0.25, 0.3) is 0 Å². The first-order valence-electron chi connectivity index (χ1n) is 6.94. The molecule has 0 amide bonds. The largest absolute Gasteiger partial charge is 0.434 e. The number of ether oxygens (including phenoxy) is 1. The highest BCUT2D eigenvalue weighted by atomic mass is 35.5. The van der Waals surface area contributed by atoms with Crippen LogP contribution in [0.15, 0.2) is 12.1 Å². The highest BCUT2D eigenvalue weighted by Crippen LogP contribution is 2.42. The van der Waals surface area contributed by atoms with E-state index in [2.05, 4.69) is 17.1 Å². The zero-order valence-corrected chi connectivity index (χ0v) is 14.1. The smallest absolute Gasteiger partial charge is 0.242 e. The average molecular weight is 359 g/mol. The van der Waals surface area contributed by atoms with Gasteiger partial charge in [-0.15, -0.1) is 10.2 Å². The van der Waals surface area contributed by atoms with E-state index < -0.39 is 0 Å². The van der Waals surface area contributed by atoms with Gasteiger partial charge in [0.15, 0.2) is 10.9 Å². The van der Waals surface area contributed by atoms with Gasteiger partial charge in [0.05, 0.1) is 10.0 Å². The maximum Gasteiger partial charge on any atom is 0.242 e. The first-order valence-corrected chi connectivity index (χ1v) is 8.08. The lowest BCUT2D eigenvalue weighted by atomic mass is 9.85. The van der Waals surface area contributed by atoms with Gasteiger partial charge < -0.3 is 10.5 Å². The summed E-state index contributed by atoms with van der Waals surface area (Å²) in [6, 6.07) is 3.17. The van der Waals surface area contributed by atoms with Crippen LogP contribution in [0.3, 0.4) is 0 Å². The molecular formula is C15H14Cl3N3O. The van der Waals surface area contributed by atoms with Crippen molar-refractivity contribution in [2.24, 2.45) is 0 Å². The van der Waals surface area contributed by atoms with Crippen LogP contribution in [0, 0.1) is 0 Å². The Balaban J connectivity index is 2.06. The number of fused-ring (bicyclic) bond motifs is 1. The molecule has 1 atom stereocenters. The van der Waals surface area contributed by atoms with Gasteiger partial charge in [0, 0.05) is 16.8 Å². The summed E-state index contributed by atoms with van der Waals surface area (Å²) >= 11 is 18.5. The molecule has 0 aliphatic heterocycles. The Morgan fingerprint density at radius 1 is 1.18 bits per heavy atom. The van der Waals surface area contributed by atoms with Crippen molar-refractivity contribution in [3.05, 3.63) is 38.5 Å². The molecule has 2 aromatic rings. The van der Waals surface area contributed by atoms with E-state index in [1.165, 1.54) is 0 Å². The average Bonchev–Trinajstić information content (AvgIpc) is 2.45. The Labute approximate surface area is 143 Å². The van der Waals surface area contributed by atoms with Crippen LogP contribution in [0.5, 0.6) is 11.6 Å². The van der Waals surface area contributed by atoms with Gasteiger partial charge in [-0.2, -0.15) is 0 Å². The number of halogens is 3. The molecule has 1 aromatic heterocycles. The molecule has 3 rings (SSSR count). The number of benzene rings is 1. The number of aromatic nitrogens is 2. The SMILES string of the molecule is CC1CCCc2c(Oc3c(Cl)cc(N)cc3Cl)nnc(Cl)c21. The zero-order valence-electron chi connectivity index (χ0n) is 11.9. The number of anilines is 1. The lowest BCUT2D eigenvalue weighted by molar-refractivity contribution is 0.437. The summed E-state index contributed by atoms with van der Waals surface area (Å²) in [5, 5.41) is 9.17. The molecule has 1 aliphatic carbocycles. The molecule has 0 radical (unpaired) electrons. The second-order valence-electron chi connectivity index (χ2n) is 5.40. The molecule has 1 aliphatic rings. The van der Waals surface area contributed by atoms with Crippen LogP contribution in [0.4, 0.5) is 5.69 Å². The van der Waals surface area contributed by atoms with Crippen LogP contribution < -0.4 is 10.5 Å². The van der Waals surface area contributed by atoms with E-state index in [-0.39, 0.29) is 0 Å². The van der Waals surface area contributed by atoms with E-state index in [0.29, 0.717) is 38.4 Å². The van der Waals surface area contributed by atoms with Crippen molar-refractivity contribution in [1.82, 2.24) is 10.2 Å². The summed E-state index contributed by atoms with van der Waals surface area (Å²) in [7, 11) is 0. The Morgan fingerprint density at radius 3 is 2.55 bits per heavy atom. The Kier molecular flexibility index (Phi) is 4.35. The van der Waals surface area contributed by atoms with Crippen molar-refractivity contribution in [1.29, 1.82) is 0 Å². The number of nitrogen functional groups attached to an aromatic ring is 1. The Morgan fingerprint density at radius 2 is 1.86 bits per heavy atom. The van der Waals surface area contributed by atoms with Crippen LogP contribution >= 0.6 is 34.8 Å². The van der Waals surface area contributed by atoms with Crippen LogP contribution in [-0.2, 0) is 6.42 Å². The number of nitrogens with zero attached hydrogens (tertiary/aromatic N) is 2. The molecular weight excluding hydrogens is 345 g/mol. The summed E-state index contributed by atoms with van der Waals surface area (Å²) < 4.78 is 5.84. The van der Waals surface area contributed by atoms with E-state index >= 15 is 0 Å². The summed E-state index contributed by atoms with van der Waals surface area (Å²) in [6.45, 7) is 2.12. The van der Waals surface area contributed by atoms with Gasteiger partial charge >= 0.3 is 0 Å². The number of rotatable bonds is 2. The molecule has 0 saturated heterocycles. The fourth-order valence-electron chi connectivity index (χ4n) is 2.77. The fraction of sp³-hybridized carbons (Fsp3) is 0.333. The molecule has 22 heavy (non-hydrogen) atoms. The van der Waals surface area contributed by atoms with Crippen molar-refractivity contribution in [2.45, 2.75) is 32.1 Å². The van der Waals surface area contributed by atoms with Gasteiger partial charge in [-0.1, -0.05) is 41.7 Å². The first kappa shape index (κ1) is 15.7. The molecule has 116 valence electrons. The lowest BCUT2D eigenvalue weighted by Gasteiger charge is -2.24. The molecule has 7 heteroatoms. The van der Waals surface area contributed by atoms with Crippen molar-refractivity contribution >= 4 is 40.5 Å². The fourth-order valence-corrected chi connectivity index (χ4v) is 3.69. The maximum atomic E-state index is 6.20. The third kappa shape index (κ3) is 2.83. The predicted octanol–water partition coefficient (Wildman–Crippen LogP) is 5.25. The quantitative estimate of drug-likeness (QED) is 0.745. The van der Waals surface area contributed by atoms with E-state index in [4.69, 9.17) is 45.3 Å². The summed E-state index contributed by atoms with van der Waals surface area (Å²) in [4.78, 5) is 0. The standard InChI is InChI=1S/C15H14Cl3N3O/c1-7-3-2-4-9-12(7)14(18)20-21-15(9)22-13-10(16)5-8(19)6-11(13)17/h5-7H,2-4,19H2,1H3. The monoisotopic (exact) mass is 357 g/mol. The molecule has 4 nitrogen and oxygen atoms in total. The normalized spacial score (nSPS) is 17.2. The first-order chi connectivity index (χ1) is 10.5. The van der Waals surface area contributed by atoms with Gasteiger partial charge in [-0.25, -0.2) is 0 Å². The van der Waals surface area contributed by atoms with Crippen molar-refractivity contribution in [3.8, 4) is 11.6 Å². The minimum Gasteiger partial charge on any atom is -0.434 e. The summed E-state index contributed by atoms with van der Waals surface area (Å²) in [5.74, 6) is 1.06. The number of hydrogen-bond acceptors (Lipinski definition) is 4. The Bertz CT molecular complexity index is 713. The van der Waals surface area contributed by atoms with Crippen LogP contribution in [-0.4, -0.2) is 10.2 Å². The minimum absolute atomic E-state index is 0.325. The van der Waals surface area contributed by atoms with E-state index in [1.807, 2.05) is 0 Å².